The maximum atomic E-state index is 13.5. The molecule has 170 valence electrons. The lowest BCUT2D eigenvalue weighted by Gasteiger charge is -2.27. The van der Waals surface area contributed by atoms with Gasteiger partial charge in [0.15, 0.2) is 5.78 Å². The summed E-state index contributed by atoms with van der Waals surface area (Å²) in [5, 5.41) is 6.60. The first kappa shape index (κ1) is 23.4. The van der Waals surface area contributed by atoms with Crippen LogP contribution < -0.4 is 15.6 Å². The molecule has 1 atom stereocenters. The van der Waals surface area contributed by atoms with Crippen molar-refractivity contribution in [2.45, 2.75) is 19.6 Å². The average Bonchev–Trinajstić information content (AvgIpc) is 3.32. The average molecular weight is 461 g/mol. The number of amides is 1. The topological polar surface area (TPSA) is 137 Å². The molecule has 3 aromatic rings. The SMILES string of the molecule is CCOP(=O)(OCC)C(NC(=O)c1cnc(-n2cccn2)[nH]c1=O)c1ccc(OC)cc1. The molecule has 11 nitrogen and oxygen atoms in total. The second kappa shape index (κ2) is 10.4. The summed E-state index contributed by atoms with van der Waals surface area (Å²) in [6, 6.07) is 8.25. The summed E-state index contributed by atoms with van der Waals surface area (Å²) in [4.78, 5) is 32.1. The van der Waals surface area contributed by atoms with Crippen LogP contribution in [0.1, 0.15) is 35.6 Å². The number of rotatable bonds is 10. The van der Waals surface area contributed by atoms with Crippen LogP contribution in [0.5, 0.6) is 5.75 Å². The molecule has 32 heavy (non-hydrogen) atoms. The third kappa shape index (κ3) is 5.13. The molecule has 12 heteroatoms. The van der Waals surface area contributed by atoms with Crippen LogP contribution in [0.25, 0.3) is 5.95 Å². The predicted molar refractivity (Wildman–Crippen MR) is 116 cm³/mol. The number of aromatic amines is 1. The van der Waals surface area contributed by atoms with Gasteiger partial charge in [0.05, 0.1) is 20.3 Å². The van der Waals surface area contributed by atoms with Crippen molar-refractivity contribution in [3.8, 4) is 11.7 Å². The van der Waals surface area contributed by atoms with Gasteiger partial charge in [-0.1, -0.05) is 12.1 Å². The van der Waals surface area contributed by atoms with E-state index in [-0.39, 0.29) is 24.7 Å². The van der Waals surface area contributed by atoms with Crippen molar-refractivity contribution in [1.82, 2.24) is 25.1 Å². The van der Waals surface area contributed by atoms with Crippen LogP contribution in [0.15, 0.2) is 53.7 Å². The minimum atomic E-state index is -3.83. The van der Waals surface area contributed by atoms with Crippen molar-refractivity contribution in [2.24, 2.45) is 0 Å². The van der Waals surface area contributed by atoms with E-state index in [9.17, 15) is 14.2 Å². The highest BCUT2D eigenvalue weighted by molar-refractivity contribution is 7.54. The van der Waals surface area contributed by atoms with Crippen molar-refractivity contribution < 1.29 is 23.1 Å². The number of nitrogens with zero attached hydrogens (tertiary/aromatic N) is 3. The molecule has 2 N–H and O–H groups in total. The number of hydrogen-bond acceptors (Lipinski definition) is 8. The fourth-order valence-corrected chi connectivity index (χ4v) is 4.84. The third-order valence-electron chi connectivity index (χ3n) is 4.39. The standard InChI is InChI=1S/C20H24N5O6P/c1-4-30-32(28,31-5-2)19(14-7-9-15(29-3)10-8-14)23-17(26)16-13-21-20(24-18(16)27)25-12-6-11-22-25/h6-13,19H,4-5H2,1-3H3,(H,23,26)(H,21,24,27). The van der Waals surface area contributed by atoms with Crippen LogP contribution >= 0.6 is 7.60 Å². The summed E-state index contributed by atoms with van der Waals surface area (Å²) in [6.45, 7) is 3.53. The molecule has 2 heterocycles. The number of carbonyl (C=O) groups is 1. The number of aromatic nitrogens is 4. The van der Waals surface area contributed by atoms with Gasteiger partial charge in [-0.15, -0.1) is 0 Å². The maximum absolute atomic E-state index is 13.5. The molecule has 0 saturated carbocycles. The van der Waals surface area contributed by atoms with E-state index in [1.54, 1.807) is 50.4 Å². The first-order valence-corrected chi connectivity index (χ1v) is 11.5. The van der Waals surface area contributed by atoms with Crippen molar-refractivity contribution in [3.05, 3.63) is 70.4 Å². The smallest absolute Gasteiger partial charge is 0.357 e. The molecule has 2 aromatic heterocycles. The van der Waals surface area contributed by atoms with E-state index in [2.05, 4.69) is 20.4 Å². The van der Waals surface area contributed by atoms with Gasteiger partial charge in [-0.3, -0.25) is 19.1 Å². The molecule has 0 aliphatic heterocycles. The molecule has 0 aliphatic rings. The van der Waals surface area contributed by atoms with Crippen molar-refractivity contribution in [1.29, 1.82) is 0 Å². The van der Waals surface area contributed by atoms with Crippen LogP contribution in [-0.2, 0) is 13.6 Å². The number of methoxy groups -OCH3 is 1. The Kier molecular flexibility index (Phi) is 7.57. The summed E-state index contributed by atoms with van der Waals surface area (Å²) in [7, 11) is -2.31. The van der Waals surface area contributed by atoms with Gasteiger partial charge in [0.25, 0.3) is 11.5 Å². The quantitative estimate of drug-likeness (QED) is 0.440. The highest BCUT2D eigenvalue weighted by Crippen LogP contribution is 2.59. The van der Waals surface area contributed by atoms with Crippen molar-refractivity contribution in [3.63, 3.8) is 0 Å². The number of ether oxygens (including phenoxy) is 1. The Morgan fingerprint density at radius 1 is 1.22 bits per heavy atom. The molecule has 0 fully saturated rings. The van der Waals surface area contributed by atoms with Crippen molar-refractivity contribution >= 4 is 13.5 Å². The van der Waals surface area contributed by atoms with E-state index >= 15 is 0 Å². The second-order valence-corrected chi connectivity index (χ2v) is 8.54. The second-order valence-electron chi connectivity index (χ2n) is 6.42. The molecule has 0 spiro atoms. The molecular weight excluding hydrogens is 437 g/mol. The molecule has 0 bridgehead atoms. The fourth-order valence-electron chi connectivity index (χ4n) is 2.94. The van der Waals surface area contributed by atoms with E-state index < -0.39 is 24.8 Å². The van der Waals surface area contributed by atoms with Gasteiger partial charge in [0.1, 0.15) is 11.3 Å². The van der Waals surface area contributed by atoms with E-state index in [1.807, 2.05) is 0 Å². The van der Waals surface area contributed by atoms with Gasteiger partial charge >= 0.3 is 7.60 Å². The van der Waals surface area contributed by atoms with E-state index in [4.69, 9.17) is 13.8 Å². The summed E-state index contributed by atoms with van der Waals surface area (Å²) in [5.74, 6) is -1.22. The van der Waals surface area contributed by atoms with Crippen LogP contribution in [0.4, 0.5) is 0 Å². The van der Waals surface area contributed by atoms with Crippen LogP contribution in [0.3, 0.4) is 0 Å². The largest absolute Gasteiger partial charge is 0.497 e. The van der Waals surface area contributed by atoms with Gasteiger partial charge < -0.3 is 19.1 Å². The summed E-state index contributed by atoms with van der Waals surface area (Å²) >= 11 is 0. The Morgan fingerprint density at radius 2 is 1.91 bits per heavy atom. The molecule has 1 aromatic carbocycles. The lowest BCUT2D eigenvalue weighted by Crippen LogP contribution is -2.34. The molecule has 0 radical (unpaired) electrons. The van der Waals surface area contributed by atoms with E-state index in [0.29, 0.717) is 11.3 Å². The van der Waals surface area contributed by atoms with E-state index in [0.717, 1.165) is 6.20 Å². The zero-order chi connectivity index (χ0) is 23.1. The first-order chi connectivity index (χ1) is 15.4. The van der Waals surface area contributed by atoms with Gasteiger partial charge in [0.2, 0.25) is 5.95 Å². The van der Waals surface area contributed by atoms with Crippen LogP contribution in [0.2, 0.25) is 0 Å². The number of hydrogen-bond donors (Lipinski definition) is 2. The lowest BCUT2D eigenvalue weighted by molar-refractivity contribution is 0.0935. The summed E-state index contributed by atoms with van der Waals surface area (Å²) in [5.41, 5.74) is -0.486. The van der Waals surface area contributed by atoms with Crippen LogP contribution in [-0.4, -0.2) is 46.0 Å². The molecule has 1 unspecified atom stereocenters. The normalized spacial score (nSPS) is 12.3. The highest BCUT2D eigenvalue weighted by atomic mass is 31.2. The molecule has 0 aliphatic carbocycles. The molecule has 0 saturated heterocycles. The van der Waals surface area contributed by atoms with Crippen molar-refractivity contribution in [2.75, 3.05) is 20.3 Å². The minimum Gasteiger partial charge on any atom is -0.497 e. The first-order valence-electron chi connectivity index (χ1n) is 9.84. The van der Waals surface area contributed by atoms with Gasteiger partial charge in [-0.2, -0.15) is 5.10 Å². The Hall–Kier alpha value is -3.27. The zero-order valence-electron chi connectivity index (χ0n) is 17.8. The highest BCUT2D eigenvalue weighted by Gasteiger charge is 2.38. The Bertz CT molecular complexity index is 1140. The Balaban J connectivity index is 1.95. The molecule has 3 rings (SSSR count). The zero-order valence-corrected chi connectivity index (χ0v) is 18.7. The van der Waals surface area contributed by atoms with Gasteiger partial charge in [0, 0.05) is 18.6 Å². The predicted octanol–water partition coefficient (Wildman–Crippen LogP) is 2.66. The third-order valence-corrected chi connectivity index (χ3v) is 6.68. The molecular formula is C20H24N5O6P. The van der Waals surface area contributed by atoms with Gasteiger partial charge in [-0.25, -0.2) is 9.67 Å². The van der Waals surface area contributed by atoms with E-state index in [1.165, 1.54) is 18.0 Å². The minimum absolute atomic E-state index is 0.0977. The number of H-pyrrole nitrogens is 1. The summed E-state index contributed by atoms with van der Waals surface area (Å²) in [6.07, 6.45) is 4.25. The van der Waals surface area contributed by atoms with Gasteiger partial charge in [-0.05, 0) is 37.6 Å². The summed E-state index contributed by atoms with van der Waals surface area (Å²) < 4.78 is 30.9. The number of nitrogens with one attached hydrogen (secondary N) is 2. The molecule has 1 amide bonds. The Labute approximate surface area is 184 Å². The fraction of sp³-hybridized carbons (Fsp3) is 0.300. The monoisotopic (exact) mass is 461 g/mol. The number of carbonyl (C=O) groups excluding carboxylic acids is 1. The lowest BCUT2D eigenvalue weighted by atomic mass is 10.2. The number of benzene rings is 1. The Morgan fingerprint density at radius 3 is 2.44 bits per heavy atom. The van der Waals surface area contributed by atoms with Crippen LogP contribution in [0, 0.1) is 0 Å². The maximum Gasteiger partial charge on any atom is 0.357 e.